The Bertz CT molecular complexity index is 696. The smallest absolute Gasteiger partial charge is 0.257 e. The molecule has 1 amide bonds. The third-order valence-electron chi connectivity index (χ3n) is 3.57. The number of carbonyl (C=O) groups excluding carboxylic acids is 1. The van der Waals surface area contributed by atoms with Crippen molar-refractivity contribution in [2.45, 2.75) is 18.9 Å². The molecular formula is C17H16F2N2O3. The van der Waals surface area contributed by atoms with Crippen molar-refractivity contribution in [1.29, 1.82) is 0 Å². The molecule has 0 aliphatic carbocycles. The van der Waals surface area contributed by atoms with Crippen molar-refractivity contribution in [3.8, 4) is 5.88 Å². The van der Waals surface area contributed by atoms with E-state index in [0.29, 0.717) is 19.1 Å². The molecule has 24 heavy (non-hydrogen) atoms. The summed E-state index contributed by atoms with van der Waals surface area (Å²) in [4.78, 5) is 16.2. The zero-order valence-electron chi connectivity index (χ0n) is 12.8. The number of hydrogen-bond acceptors (Lipinski definition) is 4. The minimum atomic E-state index is -0.761. The molecule has 1 N–H and O–H groups in total. The third kappa shape index (κ3) is 4.26. The molecule has 1 saturated heterocycles. The van der Waals surface area contributed by atoms with Crippen LogP contribution in [0, 0.1) is 11.6 Å². The largest absolute Gasteiger partial charge is 0.474 e. The standard InChI is InChI=1S/C17H16F2N2O3/c18-12-7-13(19)9-14(8-12)21-17(22)11-1-2-16(20-10-11)24-15-3-5-23-6-4-15/h1-2,7-10,15H,3-6H2,(H,21,22). The predicted molar refractivity (Wildman–Crippen MR) is 83.0 cm³/mol. The number of halogens is 2. The van der Waals surface area contributed by atoms with Gasteiger partial charge in [-0.15, -0.1) is 0 Å². The molecule has 1 aromatic carbocycles. The van der Waals surface area contributed by atoms with Crippen LogP contribution in [0.15, 0.2) is 36.5 Å². The van der Waals surface area contributed by atoms with E-state index in [4.69, 9.17) is 9.47 Å². The van der Waals surface area contributed by atoms with Gasteiger partial charge in [-0.3, -0.25) is 4.79 Å². The number of hydrogen-bond donors (Lipinski definition) is 1. The van der Waals surface area contributed by atoms with Gasteiger partial charge in [0.05, 0.1) is 18.8 Å². The monoisotopic (exact) mass is 334 g/mol. The molecule has 1 aliphatic heterocycles. The number of anilines is 1. The second kappa shape index (κ2) is 7.35. The Hall–Kier alpha value is -2.54. The molecule has 3 rings (SSSR count). The molecular weight excluding hydrogens is 318 g/mol. The number of rotatable bonds is 4. The first-order valence-corrected chi connectivity index (χ1v) is 7.58. The molecule has 1 fully saturated rings. The molecule has 7 heteroatoms. The van der Waals surface area contributed by atoms with Gasteiger partial charge >= 0.3 is 0 Å². The van der Waals surface area contributed by atoms with Crippen molar-refractivity contribution in [3.63, 3.8) is 0 Å². The van der Waals surface area contributed by atoms with E-state index >= 15 is 0 Å². The Morgan fingerprint density at radius 3 is 2.50 bits per heavy atom. The molecule has 0 saturated carbocycles. The topological polar surface area (TPSA) is 60.5 Å². The van der Waals surface area contributed by atoms with Gasteiger partial charge in [0.2, 0.25) is 5.88 Å². The number of aromatic nitrogens is 1. The average Bonchev–Trinajstić information content (AvgIpc) is 2.55. The number of benzene rings is 1. The Labute approximate surface area is 137 Å². The minimum Gasteiger partial charge on any atom is -0.474 e. The van der Waals surface area contributed by atoms with E-state index in [9.17, 15) is 13.6 Å². The zero-order chi connectivity index (χ0) is 16.9. The zero-order valence-corrected chi connectivity index (χ0v) is 12.8. The van der Waals surface area contributed by atoms with E-state index < -0.39 is 17.5 Å². The van der Waals surface area contributed by atoms with Crippen LogP contribution >= 0.6 is 0 Å². The van der Waals surface area contributed by atoms with Gasteiger partial charge in [0.25, 0.3) is 5.91 Å². The fourth-order valence-corrected chi connectivity index (χ4v) is 2.38. The van der Waals surface area contributed by atoms with E-state index in [1.54, 1.807) is 12.1 Å². The Morgan fingerprint density at radius 1 is 1.17 bits per heavy atom. The van der Waals surface area contributed by atoms with Gasteiger partial charge in [-0.2, -0.15) is 0 Å². The second-order valence-electron chi connectivity index (χ2n) is 5.43. The summed E-state index contributed by atoms with van der Waals surface area (Å²) < 4.78 is 37.2. The van der Waals surface area contributed by atoms with Crippen LogP contribution in [0.25, 0.3) is 0 Å². The van der Waals surface area contributed by atoms with E-state index in [-0.39, 0.29) is 17.4 Å². The molecule has 0 radical (unpaired) electrons. The summed E-state index contributed by atoms with van der Waals surface area (Å²) in [5, 5.41) is 2.42. The number of amides is 1. The van der Waals surface area contributed by atoms with Gasteiger partial charge in [-0.1, -0.05) is 0 Å². The molecule has 2 heterocycles. The molecule has 1 aromatic heterocycles. The van der Waals surface area contributed by atoms with Gasteiger partial charge in [-0.25, -0.2) is 13.8 Å². The van der Waals surface area contributed by atoms with Gasteiger partial charge in [0.1, 0.15) is 17.7 Å². The summed E-state index contributed by atoms with van der Waals surface area (Å²) in [5.41, 5.74) is 0.305. The normalized spacial score (nSPS) is 15.1. The summed E-state index contributed by atoms with van der Waals surface area (Å²) in [7, 11) is 0. The average molecular weight is 334 g/mol. The van der Waals surface area contributed by atoms with Gasteiger partial charge in [-0.05, 0) is 18.2 Å². The molecule has 2 aromatic rings. The van der Waals surface area contributed by atoms with Crippen LogP contribution < -0.4 is 10.1 Å². The second-order valence-corrected chi connectivity index (χ2v) is 5.43. The molecule has 0 bridgehead atoms. The van der Waals surface area contributed by atoms with Crippen molar-refractivity contribution in [2.75, 3.05) is 18.5 Å². The Kier molecular flexibility index (Phi) is 5.00. The van der Waals surface area contributed by atoms with Gasteiger partial charge in [0.15, 0.2) is 0 Å². The van der Waals surface area contributed by atoms with Crippen LogP contribution in [0.3, 0.4) is 0 Å². The minimum absolute atomic E-state index is 0.0417. The number of ether oxygens (including phenoxy) is 2. The predicted octanol–water partition coefficient (Wildman–Crippen LogP) is 3.17. The van der Waals surface area contributed by atoms with E-state index in [0.717, 1.165) is 31.0 Å². The maximum Gasteiger partial charge on any atom is 0.257 e. The van der Waals surface area contributed by atoms with Crippen molar-refractivity contribution < 1.29 is 23.0 Å². The summed E-state index contributed by atoms with van der Waals surface area (Å²) in [6.45, 7) is 1.32. The summed E-state index contributed by atoms with van der Waals surface area (Å²) in [6.07, 6.45) is 3.02. The van der Waals surface area contributed by atoms with E-state index in [1.165, 1.54) is 6.20 Å². The van der Waals surface area contributed by atoms with E-state index in [2.05, 4.69) is 10.3 Å². The Morgan fingerprint density at radius 2 is 1.88 bits per heavy atom. The highest BCUT2D eigenvalue weighted by Crippen LogP contribution is 2.17. The number of carbonyl (C=O) groups is 1. The lowest BCUT2D eigenvalue weighted by Gasteiger charge is -2.22. The first-order valence-electron chi connectivity index (χ1n) is 7.58. The third-order valence-corrected chi connectivity index (χ3v) is 3.57. The quantitative estimate of drug-likeness (QED) is 0.933. The number of nitrogens with one attached hydrogen (secondary N) is 1. The SMILES string of the molecule is O=C(Nc1cc(F)cc(F)c1)c1ccc(OC2CCOCC2)nc1. The summed E-state index contributed by atoms with van der Waals surface area (Å²) >= 11 is 0. The Balaban J connectivity index is 1.62. The lowest BCUT2D eigenvalue weighted by Crippen LogP contribution is -2.26. The molecule has 0 spiro atoms. The van der Waals surface area contributed by atoms with Crippen LogP contribution in [-0.2, 0) is 4.74 Å². The summed E-state index contributed by atoms with van der Waals surface area (Å²) in [5.74, 6) is -1.60. The fraction of sp³-hybridized carbons (Fsp3) is 0.294. The van der Waals surface area contributed by atoms with Crippen LogP contribution in [0.5, 0.6) is 5.88 Å². The van der Waals surface area contributed by atoms with Crippen molar-refractivity contribution in [2.24, 2.45) is 0 Å². The molecule has 5 nitrogen and oxygen atoms in total. The first kappa shape index (κ1) is 16.3. The van der Waals surface area contributed by atoms with Crippen molar-refractivity contribution in [1.82, 2.24) is 4.98 Å². The lowest BCUT2D eigenvalue weighted by molar-refractivity contribution is 0.0237. The number of nitrogens with zero attached hydrogens (tertiary/aromatic N) is 1. The highest BCUT2D eigenvalue weighted by atomic mass is 19.1. The van der Waals surface area contributed by atoms with Crippen LogP contribution in [0.1, 0.15) is 23.2 Å². The fourth-order valence-electron chi connectivity index (χ4n) is 2.38. The van der Waals surface area contributed by atoms with Crippen LogP contribution in [-0.4, -0.2) is 30.2 Å². The number of pyridine rings is 1. The molecule has 126 valence electrons. The van der Waals surface area contributed by atoms with E-state index in [1.807, 2.05) is 0 Å². The highest BCUT2D eigenvalue weighted by Gasteiger charge is 2.16. The molecule has 0 atom stereocenters. The van der Waals surface area contributed by atoms with Gasteiger partial charge in [0, 0.05) is 36.9 Å². The van der Waals surface area contributed by atoms with Crippen molar-refractivity contribution >= 4 is 11.6 Å². The van der Waals surface area contributed by atoms with Gasteiger partial charge < -0.3 is 14.8 Å². The maximum atomic E-state index is 13.1. The highest BCUT2D eigenvalue weighted by molar-refractivity contribution is 6.04. The molecule has 0 unspecified atom stereocenters. The van der Waals surface area contributed by atoms with Crippen LogP contribution in [0.4, 0.5) is 14.5 Å². The maximum absolute atomic E-state index is 13.1. The van der Waals surface area contributed by atoms with Crippen LogP contribution in [0.2, 0.25) is 0 Å². The lowest BCUT2D eigenvalue weighted by atomic mass is 10.1. The summed E-state index contributed by atoms with van der Waals surface area (Å²) in [6, 6.07) is 5.96. The first-order chi connectivity index (χ1) is 11.6. The van der Waals surface area contributed by atoms with Crippen molar-refractivity contribution in [3.05, 3.63) is 53.7 Å². The molecule has 1 aliphatic rings.